The van der Waals surface area contributed by atoms with Gasteiger partial charge in [-0.1, -0.05) is 0 Å². The summed E-state index contributed by atoms with van der Waals surface area (Å²) in [6, 6.07) is 0. The van der Waals surface area contributed by atoms with Crippen LogP contribution in [0.15, 0.2) is 12.0 Å². The third-order valence-electron chi connectivity index (χ3n) is 6.05. The molecule has 0 aromatic carbocycles. The smallest absolute Gasteiger partial charge is 0.277 e. The first-order valence-electron chi connectivity index (χ1n) is 10.7. The molecule has 1 aromatic rings. The van der Waals surface area contributed by atoms with Crippen LogP contribution < -0.4 is 5.32 Å². The van der Waals surface area contributed by atoms with Crippen LogP contribution in [0.4, 0.5) is 0 Å². The normalized spacial score (nSPS) is 22.6. The Bertz CT molecular complexity index is 864. The van der Waals surface area contributed by atoms with E-state index in [-0.39, 0.29) is 18.1 Å². The molecule has 3 heterocycles. The number of piperazine rings is 2. The first kappa shape index (κ1) is 20.7. The summed E-state index contributed by atoms with van der Waals surface area (Å²) in [5.41, 5.74) is 1.96. The lowest BCUT2D eigenvalue weighted by molar-refractivity contribution is -0.147. The number of nitrogens with zero attached hydrogens (tertiary/aromatic N) is 5. The molecule has 0 bridgehead atoms. The van der Waals surface area contributed by atoms with Gasteiger partial charge in [0, 0.05) is 51.3 Å². The first-order valence-corrected chi connectivity index (χ1v) is 10.7. The van der Waals surface area contributed by atoms with E-state index in [9.17, 15) is 14.4 Å². The predicted octanol–water partition coefficient (Wildman–Crippen LogP) is 0.244. The highest BCUT2D eigenvalue weighted by Crippen LogP contribution is 2.42. The van der Waals surface area contributed by atoms with E-state index in [1.54, 1.807) is 6.08 Å². The zero-order valence-electron chi connectivity index (χ0n) is 17.8. The Balaban J connectivity index is 1.46. The summed E-state index contributed by atoms with van der Waals surface area (Å²) in [4.78, 5) is 46.6. The minimum absolute atomic E-state index is 0.117. The Hall–Kier alpha value is -2.52. The number of hydrogen-bond donors (Lipinski definition) is 1. The molecule has 0 atom stereocenters. The van der Waals surface area contributed by atoms with Gasteiger partial charge in [0.05, 0.1) is 12.0 Å². The summed E-state index contributed by atoms with van der Waals surface area (Å²) < 4.78 is 2.19. The van der Waals surface area contributed by atoms with E-state index in [0.717, 1.165) is 69.1 Å². The fourth-order valence-corrected chi connectivity index (χ4v) is 4.13. The summed E-state index contributed by atoms with van der Waals surface area (Å²) in [6.07, 6.45) is 6.73. The first-order chi connectivity index (χ1) is 14.4. The molecule has 3 aliphatic rings. The van der Waals surface area contributed by atoms with Crippen molar-refractivity contribution in [2.24, 2.45) is 0 Å². The second-order valence-corrected chi connectivity index (χ2v) is 8.50. The van der Waals surface area contributed by atoms with Crippen molar-refractivity contribution in [2.45, 2.75) is 38.6 Å². The number of aromatic nitrogens is 2. The fourth-order valence-electron chi connectivity index (χ4n) is 4.13. The maximum absolute atomic E-state index is 12.6. The largest absolute Gasteiger partial charge is 0.334 e. The zero-order chi connectivity index (χ0) is 21.3. The van der Waals surface area contributed by atoms with Crippen LogP contribution in [-0.2, 0) is 20.9 Å². The molecule has 3 amide bonds. The molecular formula is C21H30N6O3. The van der Waals surface area contributed by atoms with Gasteiger partial charge in [-0.2, -0.15) is 0 Å². The number of hydrogen-bond acceptors (Lipinski definition) is 6. The molecule has 9 nitrogen and oxygen atoms in total. The van der Waals surface area contributed by atoms with Gasteiger partial charge in [0.2, 0.25) is 11.8 Å². The van der Waals surface area contributed by atoms with Gasteiger partial charge in [-0.15, -0.1) is 0 Å². The van der Waals surface area contributed by atoms with Crippen LogP contribution in [0.2, 0.25) is 0 Å². The van der Waals surface area contributed by atoms with Crippen molar-refractivity contribution in [1.82, 2.24) is 29.6 Å². The lowest BCUT2D eigenvalue weighted by Gasteiger charge is -2.32. The highest BCUT2D eigenvalue weighted by molar-refractivity contribution is 6.12. The van der Waals surface area contributed by atoms with E-state index < -0.39 is 11.8 Å². The van der Waals surface area contributed by atoms with E-state index >= 15 is 0 Å². The highest BCUT2D eigenvalue weighted by Gasteiger charge is 2.33. The van der Waals surface area contributed by atoms with Crippen molar-refractivity contribution in [3.05, 3.63) is 23.4 Å². The molecule has 0 unspecified atom stereocenters. The van der Waals surface area contributed by atoms with Crippen LogP contribution in [0, 0.1) is 0 Å². The van der Waals surface area contributed by atoms with Gasteiger partial charge in [-0.05, 0) is 38.9 Å². The van der Waals surface area contributed by atoms with Crippen LogP contribution in [-0.4, -0.2) is 88.3 Å². The third kappa shape index (κ3) is 4.62. The zero-order valence-corrected chi connectivity index (χ0v) is 17.8. The lowest BCUT2D eigenvalue weighted by atomic mass is 10.1. The quantitative estimate of drug-likeness (QED) is 0.671. The number of imidazole rings is 1. The van der Waals surface area contributed by atoms with Crippen LogP contribution >= 0.6 is 0 Å². The summed E-state index contributed by atoms with van der Waals surface area (Å²) in [5, 5.41) is 2.60. The predicted molar refractivity (Wildman–Crippen MR) is 111 cm³/mol. The minimum Gasteiger partial charge on any atom is -0.334 e. The number of carbonyl (C=O) groups excluding carboxylic acids is 3. The van der Waals surface area contributed by atoms with Crippen LogP contribution in [0.1, 0.15) is 43.5 Å². The van der Waals surface area contributed by atoms with Gasteiger partial charge in [0.1, 0.15) is 12.2 Å². The third-order valence-corrected chi connectivity index (χ3v) is 6.05. The Morgan fingerprint density at radius 1 is 1.20 bits per heavy atom. The van der Waals surface area contributed by atoms with Crippen LogP contribution in [0.5, 0.6) is 0 Å². The standard InChI is InChI=1S/C21H30N6O3/c1-15(28)27-13-19(29)23-18(21(27)30)12-17-20(16-4-5-16)26(14-22-17)7-3-6-25-10-8-24(2)9-11-25/h12,14,16H,3-11,13H2,1-2H3,(H,23,29)/b18-12-. The molecule has 2 saturated heterocycles. The summed E-state index contributed by atoms with van der Waals surface area (Å²) in [5.74, 6) is -0.831. The number of rotatable bonds is 6. The molecule has 1 saturated carbocycles. The van der Waals surface area contributed by atoms with Gasteiger partial charge in [0.15, 0.2) is 0 Å². The van der Waals surface area contributed by atoms with Crippen LogP contribution in [0.3, 0.4) is 0 Å². The van der Waals surface area contributed by atoms with Gasteiger partial charge < -0.3 is 19.7 Å². The molecular weight excluding hydrogens is 384 g/mol. The molecule has 1 aliphatic carbocycles. The second kappa shape index (κ2) is 8.69. The van der Waals surface area contributed by atoms with E-state index in [1.807, 2.05) is 6.33 Å². The van der Waals surface area contributed by atoms with Crippen LogP contribution in [0.25, 0.3) is 6.08 Å². The molecule has 4 rings (SSSR count). The number of amides is 3. The molecule has 9 heteroatoms. The number of carbonyl (C=O) groups is 3. The number of imide groups is 1. The van der Waals surface area contributed by atoms with Crippen molar-refractivity contribution in [3.8, 4) is 0 Å². The monoisotopic (exact) mass is 414 g/mol. The topological polar surface area (TPSA) is 90.8 Å². The molecule has 0 spiro atoms. The minimum atomic E-state index is -0.478. The van der Waals surface area contributed by atoms with E-state index in [4.69, 9.17) is 0 Å². The van der Waals surface area contributed by atoms with Crippen molar-refractivity contribution in [3.63, 3.8) is 0 Å². The average molecular weight is 415 g/mol. The Morgan fingerprint density at radius 2 is 1.93 bits per heavy atom. The van der Waals surface area contributed by atoms with E-state index in [1.165, 1.54) is 6.92 Å². The Kier molecular flexibility index (Phi) is 6.01. The lowest BCUT2D eigenvalue weighted by Crippen LogP contribution is -2.51. The maximum atomic E-state index is 12.6. The molecule has 1 N–H and O–H groups in total. The maximum Gasteiger partial charge on any atom is 0.277 e. The Labute approximate surface area is 176 Å². The van der Waals surface area contributed by atoms with Crippen molar-refractivity contribution in [2.75, 3.05) is 46.3 Å². The second-order valence-electron chi connectivity index (χ2n) is 8.50. The Morgan fingerprint density at radius 3 is 2.60 bits per heavy atom. The summed E-state index contributed by atoms with van der Waals surface area (Å²) >= 11 is 0. The number of likely N-dealkylation sites (N-methyl/N-ethyl adjacent to an activating group) is 1. The molecule has 2 aliphatic heterocycles. The highest BCUT2D eigenvalue weighted by atomic mass is 16.2. The van der Waals surface area contributed by atoms with E-state index in [0.29, 0.717) is 11.6 Å². The van der Waals surface area contributed by atoms with Crippen molar-refractivity contribution < 1.29 is 14.4 Å². The van der Waals surface area contributed by atoms with Gasteiger partial charge in [0.25, 0.3) is 5.91 Å². The molecule has 3 fully saturated rings. The fraction of sp³-hybridized carbons (Fsp3) is 0.619. The van der Waals surface area contributed by atoms with Gasteiger partial charge >= 0.3 is 0 Å². The average Bonchev–Trinajstić information content (AvgIpc) is 3.47. The summed E-state index contributed by atoms with van der Waals surface area (Å²) in [6.45, 7) is 7.47. The number of nitrogens with one attached hydrogen (secondary N) is 1. The van der Waals surface area contributed by atoms with Gasteiger partial charge in [-0.3, -0.25) is 19.3 Å². The molecule has 30 heavy (non-hydrogen) atoms. The van der Waals surface area contributed by atoms with Gasteiger partial charge in [-0.25, -0.2) is 4.98 Å². The molecule has 1 aromatic heterocycles. The number of aryl methyl sites for hydroxylation is 1. The SMILES string of the molecule is CC(=O)N1CC(=O)N/C(=C\c2ncn(CCCN3CCN(C)CC3)c2C2CC2)C1=O. The van der Waals surface area contributed by atoms with Crippen molar-refractivity contribution >= 4 is 23.8 Å². The van der Waals surface area contributed by atoms with E-state index in [2.05, 4.69) is 31.7 Å². The molecule has 0 radical (unpaired) electrons. The van der Waals surface area contributed by atoms with Crippen molar-refractivity contribution in [1.29, 1.82) is 0 Å². The summed E-state index contributed by atoms with van der Waals surface area (Å²) in [7, 11) is 2.16. The molecule has 162 valence electrons.